The molecule has 4 rings (SSSR count). The molecule has 1 saturated carbocycles. The highest BCUT2D eigenvalue weighted by molar-refractivity contribution is 5.85. The largest absolute Gasteiger partial charge is 0.507 e. The van der Waals surface area contributed by atoms with Crippen molar-refractivity contribution in [1.29, 1.82) is 0 Å². The number of Topliss-reactive ketones (excluding diaryl/α,β-unsaturated/α-hetero) is 1. The summed E-state index contributed by atoms with van der Waals surface area (Å²) >= 11 is 0. The molecule has 2 unspecified atom stereocenters. The summed E-state index contributed by atoms with van der Waals surface area (Å²) < 4.78 is 0. The number of fused-ring (bicyclic) bond motifs is 1. The number of aromatic hydroxyl groups is 1. The Kier molecular flexibility index (Phi) is 2.99. The van der Waals surface area contributed by atoms with E-state index in [0.717, 1.165) is 31.4 Å². The zero-order valence-corrected chi connectivity index (χ0v) is 13.1. The first-order valence-electron chi connectivity index (χ1n) is 8.33. The van der Waals surface area contributed by atoms with Crippen LogP contribution in [-0.2, 0) is 16.6 Å². The molecular weight excluding hydrogens is 274 g/mol. The van der Waals surface area contributed by atoms with E-state index in [1.54, 1.807) is 12.1 Å². The molecule has 0 radical (unpaired) electrons. The lowest BCUT2D eigenvalue weighted by atomic mass is 9.48. The summed E-state index contributed by atoms with van der Waals surface area (Å²) in [6, 6.07) is 4.28. The third-order valence-corrected chi connectivity index (χ3v) is 6.47. The number of phenolic OH excluding ortho intramolecular Hbond substituents is 1. The Morgan fingerprint density at radius 1 is 1.45 bits per heavy atom. The van der Waals surface area contributed by atoms with Crippen LogP contribution >= 0.6 is 0 Å². The van der Waals surface area contributed by atoms with Crippen LogP contribution in [0.3, 0.4) is 0 Å². The Morgan fingerprint density at radius 2 is 2.27 bits per heavy atom. The molecule has 2 fully saturated rings. The van der Waals surface area contributed by atoms with E-state index in [1.807, 2.05) is 6.07 Å². The van der Waals surface area contributed by atoms with Crippen LogP contribution in [0.2, 0.25) is 0 Å². The van der Waals surface area contributed by atoms with Gasteiger partial charge in [-0.1, -0.05) is 25.6 Å². The average molecular weight is 297 g/mol. The maximum atomic E-state index is 12.5. The zero-order valence-electron chi connectivity index (χ0n) is 13.1. The molecule has 1 aliphatic heterocycles. The standard InChI is InChI=1S/C19H23NO2/c1-3-13-17(22)6-4-12-10-15-14-5-7-16(21)11(2)19(14,18(12)13)8-9-20-15/h3-4,6,11,14-15,20,22H,1,5,7-10H2,2H3/t11-,14-,15?,19?/m0/s1. The molecule has 22 heavy (non-hydrogen) atoms. The molecule has 1 saturated heterocycles. The quantitative estimate of drug-likeness (QED) is 0.838. The number of carbonyl (C=O) groups excluding carboxylic acids is 1. The summed E-state index contributed by atoms with van der Waals surface area (Å²) in [5.41, 5.74) is 3.22. The van der Waals surface area contributed by atoms with E-state index in [4.69, 9.17) is 0 Å². The molecule has 3 nitrogen and oxygen atoms in total. The minimum atomic E-state index is -0.124. The van der Waals surface area contributed by atoms with Crippen LogP contribution in [-0.4, -0.2) is 23.5 Å². The number of hydrogen-bond donors (Lipinski definition) is 2. The lowest BCUT2D eigenvalue weighted by Crippen LogP contribution is -2.63. The van der Waals surface area contributed by atoms with E-state index in [0.29, 0.717) is 29.9 Å². The number of hydrogen-bond acceptors (Lipinski definition) is 3. The first-order chi connectivity index (χ1) is 10.6. The first kappa shape index (κ1) is 14.0. The van der Waals surface area contributed by atoms with Gasteiger partial charge in [0.15, 0.2) is 0 Å². The highest BCUT2D eigenvalue weighted by Gasteiger charge is 2.57. The highest BCUT2D eigenvalue weighted by atomic mass is 16.3. The van der Waals surface area contributed by atoms with Gasteiger partial charge >= 0.3 is 0 Å². The predicted molar refractivity (Wildman–Crippen MR) is 86.9 cm³/mol. The van der Waals surface area contributed by atoms with E-state index in [2.05, 4.69) is 18.8 Å². The van der Waals surface area contributed by atoms with Gasteiger partial charge in [-0.25, -0.2) is 0 Å². The van der Waals surface area contributed by atoms with Crippen molar-refractivity contribution in [2.24, 2.45) is 11.8 Å². The molecule has 116 valence electrons. The van der Waals surface area contributed by atoms with Crippen LogP contribution < -0.4 is 5.32 Å². The minimum absolute atomic E-state index is 0.0235. The lowest BCUT2D eigenvalue weighted by Gasteiger charge is -2.58. The number of carbonyl (C=O) groups is 1. The van der Waals surface area contributed by atoms with Crippen molar-refractivity contribution in [2.45, 2.75) is 44.1 Å². The Bertz CT molecular complexity index is 666. The minimum Gasteiger partial charge on any atom is -0.507 e. The number of benzene rings is 1. The van der Waals surface area contributed by atoms with Crippen molar-refractivity contribution in [1.82, 2.24) is 5.32 Å². The van der Waals surface area contributed by atoms with Crippen molar-refractivity contribution in [3.63, 3.8) is 0 Å². The molecule has 3 heteroatoms. The summed E-state index contributed by atoms with van der Waals surface area (Å²) in [6.07, 6.45) is 5.39. The van der Waals surface area contributed by atoms with Crippen LogP contribution in [0.15, 0.2) is 18.7 Å². The molecule has 0 amide bonds. The normalized spacial score (nSPS) is 36.4. The van der Waals surface area contributed by atoms with Gasteiger partial charge in [0.25, 0.3) is 0 Å². The molecule has 2 aliphatic carbocycles. The maximum Gasteiger partial charge on any atom is 0.136 e. The molecule has 0 aromatic heterocycles. The molecule has 1 aromatic rings. The number of ketones is 1. The fourth-order valence-corrected chi connectivity index (χ4v) is 5.51. The van der Waals surface area contributed by atoms with E-state index in [1.165, 1.54) is 11.1 Å². The lowest BCUT2D eigenvalue weighted by molar-refractivity contribution is -0.131. The van der Waals surface area contributed by atoms with Gasteiger partial charge in [0.1, 0.15) is 11.5 Å². The number of phenols is 1. The van der Waals surface area contributed by atoms with Gasteiger partial charge in [0.2, 0.25) is 0 Å². The zero-order chi connectivity index (χ0) is 15.5. The first-order valence-corrected chi connectivity index (χ1v) is 8.33. The molecular formula is C19H23NO2. The molecule has 4 atom stereocenters. The fraction of sp³-hybridized carbons (Fsp3) is 0.526. The summed E-state index contributed by atoms with van der Waals surface area (Å²) in [5.74, 6) is 1.18. The van der Waals surface area contributed by atoms with E-state index >= 15 is 0 Å². The Hall–Kier alpha value is -1.61. The van der Waals surface area contributed by atoms with Crippen molar-refractivity contribution < 1.29 is 9.90 Å². The Morgan fingerprint density at radius 3 is 3.05 bits per heavy atom. The van der Waals surface area contributed by atoms with Gasteiger partial charge in [0.05, 0.1) is 0 Å². The summed E-state index contributed by atoms with van der Waals surface area (Å²) in [4.78, 5) is 12.5. The Balaban J connectivity index is 2.03. The van der Waals surface area contributed by atoms with Gasteiger partial charge < -0.3 is 10.4 Å². The van der Waals surface area contributed by atoms with Crippen molar-refractivity contribution in [3.8, 4) is 5.75 Å². The summed E-state index contributed by atoms with van der Waals surface area (Å²) in [5, 5.41) is 14.0. The van der Waals surface area contributed by atoms with Gasteiger partial charge in [-0.3, -0.25) is 4.79 Å². The van der Waals surface area contributed by atoms with Crippen molar-refractivity contribution in [2.75, 3.05) is 6.54 Å². The highest BCUT2D eigenvalue weighted by Crippen LogP contribution is 2.57. The third kappa shape index (κ3) is 1.58. The third-order valence-electron chi connectivity index (χ3n) is 6.47. The molecule has 2 bridgehead atoms. The predicted octanol–water partition coefficient (Wildman–Crippen LogP) is 2.81. The molecule has 1 heterocycles. The molecule has 1 aromatic carbocycles. The molecule has 3 aliphatic rings. The van der Waals surface area contributed by atoms with E-state index in [9.17, 15) is 9.90 Å². The summed E-state index contributed by atoms with van der Waals surface area (Å²) in [7, 11) is 0. The average Bonchev–Trinajstić information content (AvgIpc) is 2.51. The second kappa shape index (κ2) is 4.69. The SMILES string of the molecule is C=Cc1c(O)ccc2c1C13CCNC(C2)[C@@H]1CCC(=O)[C@@H]3C. The fourth-order valence-electron chi connectivity index (χ4n) is 5.51. The van der Waals surface area contributed by atoms with Crippen LogP contribution in [0, 0.1) is 11.8 Å². The maximum absolute atomic E-state index is 12.5. The smallest absolute Gasteiger partial charge is 0.136 e. The second-order valence-electron chi connectivity index (χ2n) is 7.12. The molecule has 0 spiro atoms. The topological polar surface area (TPSA) is 49.3 Å². The van der Waals surface area contributed by atoms with Crippen molar-refractivity contribution in [3.05, 3.63) is 35.4 Å². The monoisotopic (exact) mass is 297 g/mol. The molecule has 2 N–H and O–H groups in total. The summed E-state index contributed by atoms with van der Waals surface area (Å²) in [6.45, 7) is 6.97. The van der Waals surface area contributed by atoms with Gasteiger partial charge in [-0.05, 0) is 48.9 Å². The van der Waals surface area contributed by atoms with E-state index in [-0.39, 0.29) is 11.3 Å². The van der Waals surface area contributed by atoms with Crippen molar-refractivity contribution >= 4 is 11.9 Å². The van der Waals surface area contributed by atoms with Crippen LogP contribution in [0.25, 0.3) is 6.08 Å². The van der Waals surface area contributed by atoms with E-state index < -0.39 is 0 Å². The number of nitrogens with one attached hydrogen (secondary N) is 1. The van der Waals surface area contributed by atoms with Crippen LogP contribution in [0.1, 0.15) is 42.9 Å². The van der Waals surface area contributed by atoms with Crippen LogP contribution in [0.5, 0.6) is 5.75 Å². The second-order valence-corrected chi connectivity index (χ2v) is 7.12. The number of piperidine rings is 1. The van der Waals surface area contributed by atoms with Gasteiger partial charge in [-0.2, -0.15) is 0 Å². The van der Waals surface area contributed by atoms with Gasteiger partial charge in [-0.15, -0.1) is 0 Å². The van der Waals surface area contributed by atoms with Crippen LogP contribution in [0.4, 0.5) is 0 Å². The number of rotatable bonds is 1. The van der Waals surface area contributed by atoms with Gasteiger partial charge in [0, 0.05) is 29.4 Å². The Labute approximate surface area is 131 Å².